The zero-order valence-corrected chi connectivity index (χ0v) is 17.2. The van der Waals surface area contributed by atoms with Crippen molar-refractivity contribution in [2.45, 2.75) is 63.9 Å². The Hall–Kier alpha value is -2.12. The summed E-state index contributed by atoms with van der Waals surface area (Å²) >= 11 is 0. The highest BCUT2D eigenvalue weighted by Gasteiger charge is 2.55. The second-order valence-electron chi connectivity index (χ2n) is 7.83. The number of hydrogen-bond acceptors (Lipinski definition) is 6. The topological polar surface area (TPSA) is 55.4 Å². The SMILES string of the molecule is COc1ccc(O[C@@H]2O[C@@H](C)[C@H](OCc3ccccc3)[C@H]3OC(C)(C)O[C@@H]23)cc1. The smallest absolute Gasteiger partial charge is 0.229 e. The van der Waals surface area contributed by atoms with E-state index in [0.29, 0.717) is 12.4 Å². The van der Waals surface area contributed by atoms with Gasteiger partial charge in [-0.1, -0.05) is 30.3 Å². The lowest BCUT2D eigenvalue weighted by Gasteiger charge is -2.40. The van der Waals surface area contributed by atoms with E-state index in [2.05, 4.69) is 0 Å². The maximum Gasteiger partial charge on any atom is 0.229 e. The minimum atomic E-state index is -0.737. The molecule has 0 bridgehead atoms. The summed E-state index contributed by atoms with van der Waals surface area (Å²) in [5.74, 6) is 0.710. The molecule has 0 unspecified atom stereocenters. The Morgan fingerprint density at radius 1 is 0.897 bits per heavy atom. The van der Waals surface area contributed by atoms with Crippen LogP contribution < -0.4 is 9.47 Å². The van der Waals surface area contributed by atoms with Gasteiger partial charge in [-0.2, -0.15) is 0 Å². The van der Waals surface area contributed by atoms with Gasteiger partial charge in [-0.3, -0.25) is 0 Å². The molecule has 156 valence electrons. The lowest BCUT2D eigenvalue weighted by molar-refractivity contribution is -0.252. The predicted octanol–water partition coefficient (Wildman–Crippen LogP) is 3.92. The molecule has 0 aliphatic carbocycles. The Morgan fingerprint density at radius 2 is 1.55 bits per heavy atom. The summed E-state index contributed by atoms with van der Waals surface area (Å²) in [6.07, 6.45) is -1.77. The molecule has 6 heteroatoms. The average Bonchev–Trinajstić information content (AvgIpc) is 3.04. The molecule has 5 atom stereocenters. The van der Waals surface area contributed by atoms with Crippen LogP contribution in [-0.2, 0) is 25.6 Å². The van der Waals surface area contributed by atoms with Crippen molar-refractivity contribution in [3.05, 3.63) is 60.2 Å². The first kappa shape index (κ1) is 20.2. The zero-order valence-electron chi connectivity index (χ0n) is 17.2. The van der Waals surface area contributed by atoms with Gasteiger partial charge in [0.1, 0.15) is 23.7 Å². The van der Waals surface area contributed by atoms with Crippen LogP contribution >= 0.6 is 0 Å². The van der Waals surface area contributed by atoms with Crippen LogP contribution in [0.5, 0.6) is 11.5 Å². The largest absolute Gasteiger partial charge is 0.497 e. The Labute approximate surface area is 171 Å². The first-order valence-electron chi connectivity index (χ1n) is 9.92. The normalized spacial score (nSPS) is 30.6. The van der Waals surface area contributed by atoms with Crippen molar-refractivity contribution in [2.24, 2.45) is 0 Å². The van der Waals surface area contributed by atoms with Gasteiger partial charge in [0.05, 0.1) is 19.8 Å². The fraction of sp³-hybridized carbons (Fsp3) is 0.478. The third-order valence-electron chi connectivity index (χ3n) is 5.16. The highest BCUT2D eigenvalue weighted by Crippen LogP contribution is 2.39. The van der Waals surface area contributed by atoms with Crippen LogP contribution in [0.4, 0.5) is 0 Å². The number of hydrogen-bond donors (Lipinski definition) is 0. The molecule has 29 heavy (non-hydrogen) atoms. The maximum atomic E-state index is 6.22. The highest BCUT2D eigenvalue weighted by molar-refractivity contribution is 5.31. The van der Waals surface area contributed by atoms with Gasteiger partial charge in [0.15, 0.2) is 11.9 Å². The lowest BCUT2D eigenvalue weighted by atomic mass is 9.99. The van der Waals surface area contributed by atoms with E-state index in [4.69, 9.17) is 28.4 Å². The molecule has 0 N–H and O–H groups in total. The third kappa shape index (κ3) is 4.56. The fourth-order valence-electron chi connectivity index (χ4n) is 3.80. The Morgan fingerprint density at radius 3 is 2.24 bits per heavy atom. The molecule has 2 aliphatic heterocycles. The monoisotopic (exact) mass is 400 g/mol. The number of rotatable bonds is 6. The second kappa shape index (κ2) is 8.32. The van der Waals surface area contributed by atoms with Crippen molar-refractivity contribution in [2.75, 3.05) is 7.11 Å². The molecule has 2 aliphatic rings. The van der Waals surface area contributed by atoms with Crippen molar-refractivity contribution in [1.29, 1.82) is 0 Å². The van der Waals surface area contributed by atoms with Gasteiger partial charge >= 0.3 is 0 Å². The Balaban J connectivity index is 1.48. The van der Waals surface area contributed by atoms with Crippen LogP contribution in [-0.4, -0.2) is 43.6 Å². The summed E-state index contributed by atoms with van der Waals surface area (Å²) in [7, 11) is 1.63. The van der Waals surface area contributed by atoms with Crippen molar-refractivity contribution in [1.82, 2.24) is 0 Å². The molecule has 2 saturated heterocycles. The van der Waals surface area contributed by atoms with E-state index < -0.39 is 18.2 Å². The van der Waals surface area contributed by atoms with Gasteiger partial charge in [-0.25, -0.2) is 0 Å². The van der Waals surface area contributed by atoms with Gasteiger partial charge in [0.2, 0.25) is 6.29 Å². The van der Waals surface area contributed by atoms with Crippen LogP contribution in [0.25, 0.3) is 0 Å². The Kier molecular flexibility index (Phi) is 5.79. The van der Waals surface area contributed by atoms with Crippen molar-refractivity contribution < 1.29 is 28.4 Å². The van der Waals surface area contributed by atoms with Crippen molar-refractivity contribution >= 4 is 0 Å². The van der Waals surface area contributed by atoms with E-state index >= 15 is 0 Å². The highest BCUT2D eigenvalue weighted by atomic mass is 16.8. The molecule has 4 rings (SSSR count). The molecular formula is C23H28O6. The van der Waals surface area contributed by atoms with E-state index in [9.17, 15) is 0 Å². The molecule has 2 fully saturated rings. The van der Waals surface area contributed by atoms with Gasteiger partial charge in [0, 0.05) is 0 Å². The molecule has 2 heterocycles. The van der Waals surface area contributed by atoms with Crippen LogP contribution in [0.1, 0.15) is 26.3 Å². The maximum absolute atomic E-state index is 6.22. The average molecular weight is 400 g/mol. The van der Waals surface area contributed by atoms with Crippen LogP contribution in [0.3, 0.4) is 0 Å². The standard InChI is InChI=1S/C23H28O6/c1-15-19(25-14-16-8-6-5-7-9-16)20-21(29-23(2,3)28-20)22(26-15)27-18-12-10-17(24-4)11-13-18/h5-13,15,19-22H,14H2,1-4H3/t15-,19-,20+,21+,22-/m0/s1. The van der Waals surface area contributed by atoms with Gasteiger partial charge in [0.25, 0.3) is 0 Å². The van der Waals surface area contributed by atoms with Crippen LogP contribution in [0, 0.1) is 0 Å². The van der Waals surface area contributed by atoms with Gasteiger partial charge < -0.3 is 28.4 Å². The number of benzene rings is 2. The van der Waals surface area contributed by atoms with Crippen LogP contribution in [0.2, 0.25) is 0 Å². The molecular weight excluding hydrogens is 372 g/mol. The van der Waals surface area contributed by atoms with Crippen molar-refractivity contribution in [3.8, 4) is 11.5 Å². The minimum Gasteiger partial charge on any atom is -0.497 e. The van der Waals surface area contributed by atoms with E-state index in [-0.39, 0.29) is 18.3 Å². The summed E-state index contributed by atoms with van der Waals surface area (Å²) in [5.41, 5.74) is 1.10. The third-order valence-corrected chi connectivity index (χ3v) is 5.16. The molecule has 2 aromatic rings. The molecule has 2 aromatic carbocycles. The van der Waals surface area contributed by atoms with Crippen LogP contribution in [0.15, 0.2) is 54.6 Å². The molecule has 0 spiro atoms. The van der Waals surface area contributed by atoms with E-state index in [1.165, 1.54) is 0 Å². The molecule has 0 radical (unpaired) electrons. The summed E-state index contributed by atoms with van der Waals surface area (Å²) in [6, 6.07) is 17.5. The summed E-state index contributed by atoms with van der Waals surface area (Å²) in [5, 5.41) is 0. The molecule has 0 aromatic heterocycles. The second-order valence-corrected chi connectivity index (χ2v) is 7.83. The van der Waals surface area contributed by atoms with Gasteiger partial charge in [-0.05, 0) is 50.6 Å². The zero-order chi connectivity index (χ0) is 20.4. The fourth-order valence-corrected chi connectivity index (χ4v) is 3.80. The number of methoxy groups -OCH3 is 1. The summed E-state index contributed by atoms with van der Waals surface area (Å²) < 4.78 is 36.0. The lowest BCUT2D eigenvalue weighted by Crippen LogP contribution is -2.57. The summed E-state index contributed by atoms with van der Waals surface area (Å²) in [6.45, 7) is 6.25. The Bertz CT molecular complexity index is 791. The first-order valence-corrected chi connectivity index (χ1v) is 9.92. The van der Waals surface area contributed by atoms with E-state index in [1.807, 2.05) is 75.4 Å². The van der Waals surface area contributed by atoms with E-state index in [0.717, 1.165) is 11.3 Å². The van der Waals surface area contributed by atoms with Gasteiger partial charge in [-0.15, -0.1) is 0 Å². The molecule has 6 nitrogen and oxygen atoms in total. The predicted molar refractivity (Wildman–Crippen MR) is 107 cm³/mol. The number of ether oxygens (including phenoxy) is 6. The molecule has 0 saturated carbocycles. The quantitative estimate of drug-likeness (QED) is 0.733. The first-order chi connectivity index (χ1) is 13.9. The van der Waals surface area contributed by atoms with E-state index in [1.54, 1.807) is 7.11 Å². The van der Waals surface area contributed by atoms with Crippen molar-refractivity contribution in [3.63, 3.8) is 0 Å². The molecule has 0 amide bonds. The minimum absolute atomic E-state index is 0.222. The number of fused-ring (bicyclic) bond motifs is 1. The summed E-state index contributed by atoms with van der Waals surface area (Å²) in [4.78, 5) is 0.